The number of hydrogen-bond donors (Lipinski definition) is 0. The molecule has 3 rings (SSSR count). The Hall–Kier alpha value is -1.93. The van der Waals surface area contributed by atoms with E-state index in [1.165, 1.54) is 22.5 Å². The molecule has 3 heteroatoms. The fourth-order valence-corrected chi connectivity index (χ4v) is 4.04. The van der Waals surface area contributed by atoms with Crippen LogP contribution in [0.5, 0.6) is 0 Å². The van der Waals surface area contributed by atoms with Crippen LogP contribution < -0.4 is 9.80 Å². The Morgan fingerprint density at radius 2 is 1.80 bits per heavy atom. The molecular weight excluding hydrogens is 328 g/mol. The molecule has 1 unspecified atom stereocenters. The third-order valence-electron chi connectivity index (χ3n) is 5.36. The van der Waals surface area contributed by atoms with Crippen molar-refractivity contribution in [2.24, 2.45) is 0 Å². The number of para-hydroxylation sites is 1. The summed E-state index contributed by atoms with van der Waals surface area (Å²) in [6.07, 6.45) is 4.57. The summed E-state index contributed by atoms with van der Waals surface area (Å²) in [5.74, 6) is 0.641. The molecule has 0 spiro atoms. The first-order valence-electron chi connectivity index (χ1n) is 8.83. The molecule has 0 aromatic heterocycles. The highest BCUT2D eigenvalue weighted by Crippen LogP contribution is 2.44. The van der Waals surface area contributed by atoms with Crippen molar-refractivity contribution in [2.45, 2.75) is 25.3 Å². The zero-order valence-corrected chi connectivity index (χ0v) is 16.3. The SMILES string of the molecule is CN(CCCl)c1ccc(/C=C/C2N(C)c3ccccc3C2(C)C)cc1. The number of fused-ring (bicyclic) bond motifs is 1. The van der Waals surface area contributed by atoms with Crippen molar-refractivity contribution in [2.75, 3.05) is 36.3 Å². The van der Waals surface area contributed by atoms with Gasteiger partial charge in [-0.15, -0.1) is 11.6 Å². The van der Waals surface area contributed by atoms with Crippen LogP contribution in [0.2, 0.25) is 0 Å². The molecular formula is C22H27ClN2. The fourth-order valence-electron chi connectivity index (χ4n) is 3.79. The van der Waals surface area contributed by atoms with E-state index in [1.54, 1.807) is 0 Å². The maximum absolute atomic E-state index is 5.82. The van der Waals surface area contributed by atoms with Gasteiger partial charge in [0.2, 0.25) is 0 Å². The first-order chi connectivity index (χ1) is 11.9. The van der Waals surface area contributed by atoms with Gasteiger partial charge < -0.3 is 9.80 Å². The van der Waals surface area contributed by atoms with E-state index in [9.17, 15) is 0 Å². The summed E-state index contributed by atoms with van der Waals surface area (Å²) in [4.78, 5) is 4.56. The quantitative estimate of drug-likeness (QED) is 0.683. The zero-order chi connectivity index (χ0) is 18.0. The summed E-state index contributed by atoms with van der Waals surface area (Å²) in [6, 6.07) is 17.7. The largest absolute Gasteiger partial charge is 0.373 e. The third-order valence-corrected chi connectivity index (χ3v) is 5.53. The van der Waals surface area contributed by atoms with Gasteiger partial charge in [-0.1, -0.05) is 56.3 Å². The van der Waals surface area contributed by atoms with E-state index in [1.807, 2.05) is 0 Å². The van der Waals surface area contributed by atoms with Crippen molar-refractivity contribution < 1.29 is 0 Å². The normalized spacial score (nSPS) is 18.6. The van der Waals surface area contributed by atoms with Crippen molar-refractivity contribution in [1.29, 1.82) is 0 Å². The topological polar surface area (TPSA) is 6.48 Å². The number of alkyl halides is 1. The lowest BCUT2D eigenvalue weighted by Gasteiger charge is -2.29. The van der Waals surface area contributed by atoms with Crippen LogP contribution in [-0.4, -0.2) is 32.6 Å². The van der Waals surface area contributed by atoms with Gasteiger partial charge in [0.25, 0.3) is 0 Å². The Kier molecular flexibility index (Phi) is 5.10. The minimum Gasteiger partial charge on any atom is -0.373 e. The van der Waals surface area contributed by atoms with Crippen molar-refractivity contribution >= 4 is 29.1 Å². The first kappa shape index (κ1) is 17.9. The van der Waals surface area contributed by atoms with Gasteiger partial charge in [0.15, 0.2) is 0 Å². The molecule has 0 amide bonds. The van der Waals surface area contributed by atoms with Crippen LogP contribution in [0.15, 0.2) is 54.6 Å². The monoisotopic (exact) mass is 354 g/mol. The molecule has 0 N–H and O–H groups in total. The lowest BCUT2D eigenvalue weighted by atomic mass is 9.80. The third kappa shape index (κ3) is 3.41. The maximum Gasteiger partial charge on any atom is 0.0565 e. The van der Waals surface area contributed by atoms with Crippen molar-refractivity contribution in [3.05, 3.63) is 65.7 Å². The Morgan fingerprint density at radius 3 is 2.44 bits per heavy atom. The van der Waals surface area contributed by atoms with E-state index in [2.05, 4.69) is 98.4 Å². The van der Waals surface area contributed by atoms with E-state index in [-0.39, 0.29) is 5.41 Å². The van der Waals surface area contributed by atoms with E-state index < -0.39 is 0 Å². The highest BCUT2D eigenvalue weighted by atomic mass is 35.5. The molecule has 2 aromatic carbocycles. The van der Waals surface area contributed by atoms with Gasteiger partial charge in [-0.2, -0.15) is 0 Å². The molecule has 25 heavy (non-hydrogen) atoms. The molecule has 2 nitrogen and oxygen atoms in total. The summed E-state index contributed by atoms with van der Waals surface area (Å²) in [6.45, 7) is 5.51. The Bertz CT molecular complexity index is 749. The van der Waals surface area contributed by atoms with E-state index in [0.29, 0.717) is 11.9 Å². The average Bonchev–Trinajstić information content (AvgIpc) is 2.81. The van der Waals surface area contributed by atoms with Crippen molar-refractivity contribution in [3.8, 4) is 0 Å². The summed E-state index contributed by atoms with van der Waals surface area (Å²) in [7, 11) is 4.26. The van der Waals surface area contributed by atoms with Crippen LogP contribution in [0.4, 0.5) is 11.4 Å². The molecule has 0 aliphatic carbocycles. The molecule has 1 aliphatic heterocycles. The first-order valence-corrected chi connectivity index (χ1v) is 9.36. The standard InChI is InChI=1S/C22H27ClN2/c1-22(2)19-7-5-6-8-20(19)25(4)21(22)14-11-17-9-12-18(13-10-17)24(3)16-15-23/h5-14,21H,15-16H2,1-4H3/b14-11+. The number of halogens is 1. The van der Waals surface area contributed by atoms with Gasteiger partial charge >= 0.3 is 0 Å². The van der Waals surface area contributed by atoms with Gasteiger partial charge in [-0.05, 0) is 29.3 Å². The molecule has 0 saturated heterocycles. The van der Waals surface area contributed by atoms with Gasteiger partial charge in [0.1, 0.15) is 0 Å². The van der Waals surface area contributed by atoms with Crippen LogP contribution in [0.25, 0.3) is 6.08 Å². The molecule has 2 aromatic rings. The van der Waals surface area contributed by atoms with Gasteiger partial charge in [0.05, 0.1) is 6.04 Å². The highest BCUT2D eigenvalue weighted by Gasteiger charge is 2.41. The maximum atomic E-state index is 5.82. The summed E-state index contributed by atoms with van der Waals surface area (Å²) < 4.78 is 0. The van der Waals surface area contributed by atoms with Crippen LogP contribution in [0.3, 0.4) is 0 Å². The predicted octanol–water partition coefficient (Wildman–Crippen LogP) is 5.17. The second-order valence-corrected chi connectivity index (χ2v) is 7.73. The lowest BCUT2D eigenvalue weighted by molar-refractivity contribution is 0.489. The van der Waals surface area contributed by atoms with Crippen molar-refractivity contribution in [3.63, 3.8) is 0 Å². The molecule has 0 bridgehead atoms. The molecule has 0 fully saturated rings. The molecule has 132 valence electrons. The summed E-state index contributed by atoms with van der Waals surface area (Å²) >= 11 is 5.82. The second-order valence-electron chi connectivity index (χ2n) is 7.36. The number of anilines is 2. The number of likely N-dealkylation sites (N-methyl/N-ethyl adjacent to an activating group) is 1. The minimum atomic E-state index is 0.0996. The van der Waals surface area contributed by atoms with Crippen molar-refractivity contribution in [1.82, 2.24) is 0 Å². The van der Waals surface area contributed by atoms with E-state index in [4.69, 9.17) is 11.6 Å². The lowest BCUT2D eigenvalue weighted by Crippen LogP contribution is -2.37. The number of benzene rings is 2. The van der Waals surface area contributed by atoms with Crippen LogP contribution in [0.1, 0.15) is 25.0 Å². The second kappa shape index (κ2) is 7.13. The predicted molar refractivity (Wildman–Crippen MR) is 111 cm³/mol. The molecule has 0 saturated carbocycles. The Morgan fingerprint density at radius 1 is 1.12 bits per heavy atom. The molecule has 1 aliphatic rings. The molecule has 1 heterocycles. The minimum absolute atomic E-state index is 0.0996. The van der Waals surface area contributed by atoms with Crippen LogP contribution in [-0.2, 0) is 5.41 Å². The van der Waals surface area contributed by atoms with Gasteiger partial charge in [-0.3, -0.25) is 0 Å². The highest BCUT2D eigenvalue weighted by molar-refractivity contribution is 6.18. The number of hydrogen-bond acceptors (Lipinski definition) is 2. The number of nitrogens with zero attached hydrogens (tertiary/aromatic N) is 2. The summed E-state index contributed by atoms with van der Waals surface area (Å²) in [5.41, 5.74) is 5.28. The average molecular weight is 355 g/mol. The smallest absolute Gasteiger partial charge is 0.0565 e. The fraction of sp³-hybridized carbons (Fsp3) is 0.364. The van der Waals surface area contributed by atoms with E-state index >= 15 is 0 Å². The van der Waals surface area contributed by atoms with Crippen LogP contribution >= 0.6 is 11.6 Å². The Labute approximate surface area is 156 Å². The van der Waals surface area contributed by atoms with Gasteiger partial charge in [-0.25, -0.2) is 0 Å². The van der Waals surface area contributed by atoms with Gasteiger partial charge in [0, 0.05) is 43.3 Å². The summed E-state index contributed by atoms with van der Waals surface area (Å²) in [5, 5.41) is 0. The molecule has 1 atom stereocenters. The van der Waals surface area contributed by atoms with E-state index in [0.717, 1.165) is 6.54 Å². The van der Waals surface area contributed by atoms with Crippen LogP contribution in [0, 0.1) is 0 Å². The Balaban J connectivity index is 1.78. The molecule has 0 radical (unpaired) electrons. The zero-order valence-electron chi connectivity index (χ0n) is 15.5. The number of rotatable bonds is 5.